The molecular formula is C12H17N3O3S. The monoisotopic (exact) mass is 283 g/mol. The quantitative estimate of drug-likeness (QED) is 0.788. The van der Waals surface area contributed by atoms with E-state index in [2.05, 4.69) is 15.6 Å². The molecular weight excluding hydrogens is 266 g/mol. The molecule has 0 aliphatic heterocycles. The molecule has 1 aromatic rings. The van der Waals surface area contributed by atoms with Crippen LogP contribution in [0.3, 0.4) is 0 Å². The van der Waals surface area contributed by atoms with Crippen LogP contribution in [-0.2, 0) is 17.6 Å². The number of aromatic nitrogens is 1. The van der Waals surface area contributed by atoms with Crippen LogP contribution in [0.1, 0.15) is 37.3 Å². The Morgan fingerprint density at radius 1 is 1.42 bits per heavy atom. The molecule has 0 radical (unpaired) electrons. The topological polar surface area (TPSA) is 91.3 Å². The van der Waals surface area contributed by atoms with Crippen molar-refractivity contribution in [2.24, 2.45) is 0 Å². The maximum atomic E-state index is 11.8. The van der Waals surface area contributed by atoms with E-state index >= 15 is 0 Å². The number of carboxylic acids is 1. The van der Waals surface area contributed by atoms with Gasteiger partial charge in [-0.15, -0.1) is 11.3 Å². The van der Waals surface area contributed by atoms with Crippen LogP contribution < -0.4 is 10.6 Å². The summed E-state index contributed by atoms with van der Waals surface area (Å²) in [6.07, 6.45) is 3.00. The zero-order valence-corrected chi connectivity index (χ0v) is 11.8. The minimum atomic E-state index is -0.946. The van der Waals surface area contributed by atoms with Gasteiger partial charge in [0.05, 0.1) is 12.1 Å². The highest BCUT2D eigenvalue weighted by molar-refractivity contribution is 7.15. The van der Waals surface area contributed by atoms with Crippen molar-refractivity contribution >= 4 is 28.5 Å². The Bertz CT molecular complexity index is 489. The third kappa shape index (κ3) is 3.66. The molecule has 19 heavy (non-hydrogen) atoms. The van der Waals surface area contributed by atoms with Crippen LogP contribution in [0.25, 0.3) is 0 Å². The molecule has 1 aliphatic carbocycles. The van der Waals surface area contributed by atoms with Crippen LogP contribution in [0.5, 0.6) is 0 Å². The highest BCUT2D eigenvalue weighted by Gasteiger charge is 2.25. The number of hydrogen-bond acceptors (Lipinski definition) is 4. The zero-order chi connectivity index (χ0) is 14.0. The first-order chi connectivity index (χ1) is 8.85. The van der Waals surface area contributed by atoms with E-state index in [4.69, 9.17) is 5.11 Å². The summed E-state index contributed by atoms with van der Waals surface area (Å²) >= 11 is 1.49. The number of anilines is 1. The number of nitrogens with one attached hydrogen (secondary N) is 2. The molecule has 0 aromatic carbocycles. The molecule has 0 saturated carbocycles. The molecule has 0 fully saturated rings. The molecule has 7 heteroatoms. The lowest BCUT2D eigenvalue weighted by Gasteiger charge is -2.23. The van der Waals surface area contributed by atoms with Gasteiger partial charge in [0.25, 0.3) is 0 Å². The van der Waals surface area contributed by atoms with Crippen LogP contribution in [0.2, 0.25) is 0 Å². The van der Waals surface area contributed by atoms with E-state index in [0.29, 0.717) is 5.13 Å². The first-order valence-corrected chi connectivity index (χ1v) is 6.97. The molecule has 1 aromatic heterocycles. The molecule has 6 nitrogen and oxygen atoms in total. The lowest BCUT2D eigenvalue weighted by Crippen LogP contribution is -2.46. The van der Waals surface area contributed by atoms with Crippen molar-refractivity contribution in [1.82, 2.24) is 10.3 Å². The lowest BCUT2D eigenvalue weighted by atomic mass is 10.0. The number of fused-ring (bicyclic) bond motifs is 1. The van der Waals surface area contributed by atoms with Gasteiger partial charge in [0, 0.05) is 10.4 Å². The van der Waals surface area contributed by atoms with Gasteiger partial charge in [-0.05, 0) is 33.1 Å². The summed E-state index contributed by atoms with van der Waals surface area (Å²) < 4.78 is 0. The highest BCUT2D eigenvalue weighted by Crippen LogP contribution is 2.30. The Kier molecular flexibility index (Phi) is 3.75. The number of nitrogens with zero attached hydrogens (tertiary/aromatic N) is 1. The fourth-order valence-electron chi connectivity index (χ4n) is 2.10. The molecule has 0 atom stereocenters. The van der Waals surface area contributed by atoms with Gasteiger partial charge in [0.1, 0.15) is 0 Å². The molecule has 104 valence electrons. The Hall–Kier alpha value is -1.63. The lowest BCUT2D eigenvalue weighted by molar-refractivity contribution is -0.138. The summed E-state index contributed by atoms with van der Waals surface area (Å²) in [5.74, 6) is -0.946. The molecule has 3 N–H and O–H groups in total. The Morgan fingerprint density at radius 3 is 2.79 bits per heavy atom. The molecule has 0 bridgehead atoms. The van der Waals surface area contributed by atoms with Gasteiger partial charge in [-0.2, -0.15) is 0 Å². The molecule has 2 rings (SSSR count). The van der Waals surface area contributed by atoms with Crippen molar-refractivity contribution in [1.29, 1.82) is 0 Å². The minimum absolute atomic E-state index is 0.130. The molecule has 0 saturated heterocycles. The van der Waals surface area contributed by atoms with Gasteiger partial charge in [0.2, 0.25) is 0 Å². The number of aryl methyl sites for hydroxylation is 2. The Labute approximate surface area is 115 Å². The van der Waals surface area contributed by atoms with E-state index in [0.717, 1.165) is 25.0 Å². The summed E-state index contributed by atoms with van der Waals surface area (Å²) in [4.78, 5) is 28.0. The second-order valence-electron chi connectivity index (χ2n) is 5.28. The van der Waals surface area contributed by atoms with E-state index in [9.17, 15) is 9.59 Å². The predicted octanol–water partition coefficient (Wildman–Crippen LogP) is 2.01. The van der Waals surface area contributed by atoms with Crippen LogP contribution in [0, 0.1) is 0 Å². The smallest absolute Gasteiger partial charge is 0.321 e. The number of carboxylic acid groups (broad SMARTS) is 1. The van der Waals surface area contributed by atoms with Crippen LogP contribution in [-0.4, -0.2) is 27.6 Å². The van der Waals surface area contributed by atoms with E-state index in [-0.39, 0.29) is 6.42 Å². The van der Waals surface area contributed by atoms with Gasteiger partial charge in [-0.1, -0.05) is 0 Å². The molecule has 0 spiro atoms. The average molecular weight is 283 g/mol. The third-order valence-electron chi connectivity index (χ3n) is 2.86. The number of thiazole rings is 1. The second kappa shape index (κ2) is 5.16. The van der Waals surface area contributed by atoms with Gasteiger partial charge in [-0.25, -0.2) is 9.78 Å². The van der Waals surface area contributed by atoms with E-state index < -0.39 is 17.5 Å². The van der Waals surface area contributed by atoms with Crippen molar-refractivity contribution in [3.63, 3.8) is 0 Å². The van der Waals surface area contributed by atoms with Crippen molar-refractivity contribution < 1.29 is 14.7 Å². The summed E-state index contributed by atoms with van der Waals surface area (Å²) in [6, 6.07) is -0.418. The molecule has 1 heterocycles. The maximum absolute atomic E-state index is 11.8. The largest absolute Gasteiger partial charge is 0.481 e. The number of carbonyl (C=O) groups is 2. The fraction of sp³-hybridized carbons (Fsp3) is 0.583. The standard InChI is InChI=1S/C12H17N3O3S/c1-12(2,6-9(16)17)15-10(18)14-11-13-7-4-3-5-8(7)19-11/h3-6H2,1-2H3,(H,16,17)(H2,13,14,15,18). The predicted molar refractivity (Wildman–Crippen MR) is 72.6 cm³/mol. The highest BCUT2D eigenvalue weighted by atomic mass is 32.1. The van der Waals surface area contributed by atoms with Crippen LogP contribution in [0.4, 0.5) is 9.93 Å². The zero-order valence-electron chi connectivity index (χ0n) is 10.9. The number of hydrogen-bond donors (Lipinski definition) is 3. The van der Waals surface area contributed by atoms with Gasteiger partial charge >= 0.3 is 12.0 Å². The number of aliphatic carboxylic acids is 1. The van der Waals surface area contributed by atoms with E-state index in [1.807, 2.05) is 0 Å². The summed E-state index contributed by atoms with van der Waals surface area (Å²) in [5.41, 5.74) is 0.278. The van der Waals surface area contributed by atoms with Crippen LogP contribution in [0.15, 0.2) is 0 Å². The number of carbonyl (C=O) groups excluding carboxylic acids is 1. The fourth-order valence-corrected chi connectivity index (χ4v) is 3.15. The van der Waals surface area contributed by atoms with Crippen LogP contribution >= 0.6 is 11.3 Å². The summed E-state index contributed by atoms with van der Waals surface area (Å²) in [6.45, 7) is 3.34. The molecule has 0 unspecified atom stereocenters. The second-order valence-corrected chi connectivity index (χ2v) is 6.36. The SMILES string of the molecule is CC(C)(CC(=O)O)NC(=O)Nc1nc2c(s1)CCC2. The summed E-state index contributed by atoms with van der Waals surface area (Å²) in [7, 11) is 0. The number of amides is 2. The molecule has 1 aliphatic rings. The number of rotatable bonds is 4. The van der Waals surface area contributed by atoms with E-state index in [1.54, 1.807) is 13.8 Å². The normalized spacial score (nSPS) is 14.0. The maximum Gasteiger partial charge on any atom is 0.321 e. The molecule has 2 amide bonds. The van der Waals surface area contributed by atoms with Crippen molar-refractivity contribution in [2.75, 3.05) is 5.32 Å². The first-order valence-electron chi connectivity index (χ1n) is 6.15. The van der Waals surface area contributed by atoms with E-state index in [1.165, 1.54) is 16.2 Å². The third-order valence-corrected chi connectivity index (χ3v) is 3.93. The van der Waals surface area contributed by atoms with Gasteiger partial charge in [-0.3, -0.25) is 10.1 Å². The Morgan fingerprint density at radius 2 is 2.16 bits per heavy atom. The first kappa shape index (κ1) is 13.8. The van der Waals surface area contributed by atoms with Crippen molar-refractivity contribution in [3.05, 3.63) is 10.6 Å². The van der Waals surface area contributed by atoms with Gasteiger partial charge < -0.3 is 10.4 Å². The van der Waals surface area contributed by atoms with Crippen molar-refractivity contribution in [2.45, 2.75) is 45.1 Å². The average Bonchev–Trinajstić information content (AvgIpc) is 2.73. The minimum Gasteiger partial charge on any atom is -0.481 e. The Balaban J connectivity index is 1.92. The summed E-state index contributed by atoms with van der Waals surface area (Å²) in [5, 5.41) is 14.6. The number of urea groups is 1. The van der Waals surface area contributed by atoms with Crippen molar-refractivity contribution in [3.8, 4) is 0 Å². The van der Waals surface area contributed by atoms with Gasteiger partial charge in [0.15, 0.2) is 5.13 Å².